The Morgan fingerprint density at radius 2 is 1.01 bits per heavy atom. The van der Waals surface area contributed by atoms with Gasteiger partial charge in [-0.2, -0.15) is 5.10 Å². The molecule has 0 saturated carbocycles. The number of allylic oxidation sites excluding steroid dienone is 2. The number of methoxy groups -OCH3 is 1. The van der Waals surface area contributed by atoms with Gasteiger partial charge in [0, 0.05) is 108 Å². The molecule has 13 nitrogen and oxygen atoms in total. The van der Waals surface area contributed by atoms with Crippen LogP contribution in [0, 0.1) is 67.1 Å². The van der Waals surface area contributed by atoms with E-state index in [0.717, 1.165) is 124 Å². The molecule has 2 aromatic heterocycles. The van der Waals surface area contributed by atoms with Gasteiger partial charge in [-0.25, -0.2) is 9.67 Å². The first kappa shape index (κ1) is 106. The average molecular weight is 1890 g/mol. The zero-order valence-corrected chi connectivity index (χ0v) is 86.8. The fourth-order valence-corrected chi connectivity index (χ4v) is 16.5. The summed E-state index contributed by atoms with van der Waals surface area (Å²) in [6, 6.07) is 94.5. The van der Waals surface area contributed by atoms with Gasteiger partial charge in [0.05, 0.1) is 39.9 Å². The lowest BCUT2D eigenvalue weighted by Crippen LogP contribution is -2.25. The summed E-state index contributed by atoms with van der Waals surface area (Å²) >= 11 is 13.9. The van der Waals surface area contributed by atoms with Gasteiger partial charge in [-0.05, 0) is 187 Å². The van der Waals surface area contributed by atoms with E-state index in [-0.39, 0.29) is 61.6 Å². The predicted octanol–water partition coefficient (Wildman–Crippen LogP) is 33.0. The number of carbonyl (C=O) groups excluding carboxylic acids is 6. The molecule has 712 valence electrons. The molecule has 1 atom stereocenters. The summed E-state index contributed by atoms with van der Waals surface area (Å²) in [6.45, 7) is 48.1. The number of nitrogens with zero attached hydrogens (tertiary/aromatic N) is 3. The Kier molecular flexibility index (Phi) is 36.1. The zero-order chi connectivity index (χ0) is 100. The summed E-state index contributed by atoms with van der Waals surface area (Å²) in [6.07, 6.45) is 3.38. The Labute approximate surface area is 827 Å². The van der Waals surface area contributed by atoms with Crippen molar-refractivity contribution in [2.75, 3.05) is 17.7 Å². The smallest absolute Gasteiger partial charge is 0.198 e. The van der Waals surface area contributed by atoms with Crippen LogP contribution < -0.4 is 15.4 Å². The van der Waals surface area contributed by atoms with Gasteiger partial charge in [0.25, 0.3) is 0 Å². The molecule has 0 amide bonds. The van der Waals surface area contributed by atoms with E-state index < -0.39 is 5.41 Å². The fourth-order valence-electron chi connectivity index (χ4n) is 15.3. The van der Waals surface area contributed by atoms with Crippen molar-refractivity contribution in [2.24, 2.45) is 32.5 Å². The third kappa shape index (κ3) is 29.7. The van der Waals surface area contributed by atoms with Crippen LogP contribution in [-0.4, -0.2) is 55.9 Å². The number of para-hydroxylation sites is 2. The number of carbonyl (C=O) groups is 6. The maximum Gasteiger partial charge on any atom is 0.198 e. The van der Waals surface area contributed by atoms with E-state index in [1.165, 1.54) is 39.6 Å². The quantitative estimate of drug-likeness (QED) is 0.0544. The highest BCUT2D eigenvalue weighted by molar-refractivity contribution is 8.13. The van der Waals surface area contributed by atoms with Gasteiger partial charge in [-0.15, -0.1) is 0 Å². The number of halogens is 2. The van der Waals surface area contributed by atoms with Gasteiger partial charge in [0.15, 0.2) is 34.1 Å². The number of fused-ring (bicyclic) bond motifs is 1. The second kappa shape index (κ2) is 46.5. The van der Waals surface area contributed by atoms with Crippen molar-refractivity contribution in [3.05, 3.63) is 362 Å². The molecule has 12 aromatic carbocycles. The molecular weight excluding hydrogens is 1750 g/mol. The molecule has 2 N–H and O–H groups in total. The van der Waals surface area contributed by atoms with Gasteiger partial charge >= 0.3 is 0 Å². The van der Waals surface area contributed by atoms with E-state index in [2.05, 4.69) is 130 Å². The van der Waals surface area contributed by atoms with Crippen molar-refractivity contribution < 1.29 is 37.9 Å². The second-order valence-corrected chi connectivity index (χ2v) is 43.3. The highest BCUT2D eigenvalue weighted by atomic mass is 35.5. The number of thioether (sulfide) groups is 1. The largest absolute Gasteiger partial charge is 0.497 e. The summed E-state index contributed by atoms with van der Waals surface area (Å²) in [5.74, 6) is 3.04. The molecule has 0 radical (unpaired) electrons. The Balaban J connectivity index is 0.000000170. The third-order valence-corrected chi connectivity index (χ3v) is 25.5. The molecule has 0 bridgehead atoms. The van der Waals surface area contributed by atoms with E-state index in [0.29, 0.717) is 57.6 Å². The van der Waals surface area contributed by atoms with Crippen LogP contribution in [0.4, 0.5) is 22.7 Å². The Morgan fingerprint density at radius 1 is 0.489 bits per heavy atom. The van der Waals surface area contributed by atoms with E-state index in [1.54, 1.807) is 13.2 Å². The van der Waals surface area contributed by atoms with E-state index in [9.17, 15) is 28.8 Å². The molecule has 2 heterocycles. The van der Waals surface area contributed by atoms with Crippen LogP contribution >= 0.6 is 35.0 Å². The third-order valence-electron chi connectivity index (χ3n) is 23.3. The van der Waals surface area contributed by atoms with Gasteiger partial charge in [-0.3, -0.25) is 28.8 Å². The molecule has 137 heavy (non-hydrogen) atoms. The van der Waals surface area contributed by atoms with Gasteiger partial charge in [0.1, 0.15) is 23.0 Å². The minimum atomic E-state index is -0.460. The van der Waals surface area contributed by atoms with E-state index in [4.69, 9.17) is 37.3 Å². The number of benzene rings is 12. The summed E-state index contributed by atoms with van der Waals surface area (Å²) in [7, 11) is 1.67. The molecule has 0 spiro atoms. The van der Waals surface area contributed by atoms with Crippen molar-refractivity contribution in [2.45, 2.75) is 209 Å². The summed E-state index contributed by atoms with van der Waals surface area (Å²) in [4.78, 5) is 79.9. The Hall–Kier alpha value is -12.6. The van der Waals surface area contributed by atoms with Crippen LogP contribution in [-0.2, 0) is 32.0 Å². The number of aryl methyl sites for hydroxylation is 5. The van der Waals surface area contributed by atoms with Crippen LogP contribution in [0.2, 0.25) is 10.0 Å². The van der Waals surface area contributed by atoms with Crippen molar-refractivity contribution in [3.8, 4) is 45.3 Å². The number of anilines is 4. The maximum atomic E-state index is 12.6. The number of hydrogen-bond donors (Lipinski definition) is 2. The van der Waals surface area contributed by atoms with Crippen LogP contribution in [0.1, 0.15) is 234 Å². The van der Waals surface area contributed by atoms with Crippen LogP contribution in [0.5, 0.6) is 5.75 Å². The number of aromatic nitrogens is 3. The SMILES string of the molecule is CC(C)(C)C(=O)CCc1nc(-c2ccccc2)c(-c2ccccc2)o1.CC(C)(C)C(=O)Sc1ccc(C2=C(c3ccccc3)C(=O)CC2)cc1.COc1ccc2cc([C@H](C)C(=O)C(C)(C)C)ccc2c1.Cc1ccc(-n2nc(C)cc2-c2ccc(CC(C)(C)C)cc2)cc1.Cc1ccc(Cl)c(Nc2ccccc2C(=O)C(C)(C)C)c1Cl.Cc1cccc(Nc2ccccc2C(=O)C(C)(C)C)c1C. The maximum absolute atomic E-state index is 12.6. The van der Waals surface area contributed by atoms with Crippen LogP contribution in [0.3, 0.4) is 0 Å². The second-order valence-electron chi connectivity index (χ2n) is 41.5. The van der Waals surface area contributed by atoms with Crippen molar-refractivity contribution in [1.82, 2.24) is 14.8 Å². The average Bonchev–Trinajstić information content (AvgIpc) is 1.60. The highest BCUT2D eigenvalue weighted by Gasteiger charge is 2.32. The van der Waals surface area contributed by atoms with Crippen molar-refractivity contribution >= 4 is 114 Å². The molecule has 15 rings (SSSR count). The van der Waals surface area contributed by atoms with Crippen LogP contribution in [0.25, 0.3) is 61.4 Å². The normalized spacial score (nSPS) is 12.4. The number of hydrogen-bond acceptors (Lipinski definition) is 13. The molecule has 0 fully saturated rings. The van der Waals surface area contributed by atoms with E-state index >= 15 is 0 Å². The number of nitrogens with one attached hydrogen (secondary N) is 2. The molecule has 0 saturated heterocycles. The molecule has 0 aliphatic heterocycles. The van der Waals surface area contributed by atoms with Gasteiger partial charge in [-0.1, -0.05) is 378 Å². The molecule has 1 aliphatic rings. The van der Waals surface area contributed by atoms with Gasteiger partial charge in [0.2, 0.25) is 0 Å². The van der Waals surface area contributed by atoms with Gasteiger partial charge < -0.3 is 19.8 Å². The minimum absolute atomic E-state index is 0.0653. The Morgan fingerprint density at radius 3 is 1.56 bits per heavy atom. The summed E-state index contributed by atoms with van der Waals surface area (Å²) in [5.41, 5.74) is 21.4. The summed E-state index contributed by atoms with van der Waals surface area (Å²) < 4.78 is 13.3. The lowest BCUT2D eigenvalue weighted by atomic mass is 9.80. The highest BCUT2D eigenvalue weighted by Crippen LogP contribution is 2.43. The number of Topliss-reactive ketones (excluding diaryl/α,β-unsaturated/α-hetero) is 5. The summed E-state index contributed by atoms with van der Waals surface area (Å²) in [5, 5.41) is 14.8. The number of ketones is 5. The standard InChI is InChI=1S/C22H26N2.C22H23NO2.C22H22O2S.C19H23NO.C18H19Cl2NO.C18H22O2/c1-16-6-12-20(13-7-16)24-21(14-17(2)23-24)19-10-8-18(9-11-19)15-22(3,4)5;1-22(2,3)18(24)14-15-19-23-20(16-10-6-4-7-11-16)21(25-19)17-12-8-5-9-13-17;1-22(2,3)21(24)25-17-11-9-15(10-12-17)18-13-14-19(23)20(18)16-7-5-4-6-8-16;1-13-9-8-12-16(14(13)2)20-17-11-7-6-10-15(17)18(21)19(3,4)5;1-11-9-10-13(19)16(15(11)20)21-14-8-6-5-7-12(14)17(22)18(2,3)4;1-12(17(19)18(2,3)4)13-6-7-15-11-16(20-5)9-8-14(15)10-13/h6-14H,15H2,1-5H3;4-13H,14-15H2,1-3H3;4-12H,13-14H2,1-3H3;6-12,20H,1-5H3;5-10,21H,1-4H3;6-12H,1-5H3/t;;;;;12-/m.....0/s1. The van der Waals surface area contributed by atoms with Crippen LogP contribution in [0.15, 0.2) is 294 Å². The van der Waals surface area contributed by atoms with E-state index in [1.807, 2.05) is 336 Å². The number of rotatable bonds is 20. The number of ether oxygens (including phenoxy) is 1. The van der Waals surface area contributed by atoms with Crippen molar-refractivity contribution in [3.63, 3.8) is 0 Å². The lowest BCUT2D eigenvalue weighted by molar-refractivity contribution is -0.127. The zero-order valence-electron chi connectivity index (χ0n) is 84.5. The Bertz CT molecular complexity index is 6510. The molecule has 1 aliphatic carbocycles. The van der Waals surface area contributed by atoms with Crippen molar-refractivity contribution in [1.29, 1.82) is 0 Å². The first-order valence-electron chi connectivity index (χ1n) is 46.9. The lowest BCUT2D eigenvalue weighted by Gasteiger charge is -2.22. The fraction of sp³-hybridized carbons (Fsp3) is 0.306. The topological polar surface area (TPSA) is 180 Å². The first-order valence-corrected chi connectivity index (χ1v) is 48.5. The molecule has 0 unspecified atom stereocenters. The predicted molar refractivity (Wildman–Crippen MR) is 574 cm³/mol. The monoisotopic (exact) mass is 1890 g/mol. The number of oxazole rings is 1. The molecule has 14 aromatic rings. The first-order chi connectivity index (χ1) is 64.5. The molecular formula is C121H135Cl2N5O8S. The minimum Gasteiger partial charge on any atom is -0.497 e. The molecule has 16 heteroatoms.